The van der Waals surface area contributed by atoms with Gasteiger partial charge in [-0.05, 0) is 24.6 Å². The number of ether oxygens (including phenoxy) is 2. The quantitative estimate of drug-likeness (QED) is 0.608. The molecule has 2 saturated heterocycles. The number of fused-ring (bicyclic) bond motifs is 1. The molecule has 0 aromatic heterocycles. The van der Waals surface area contributed by atoms with Crippen molar-refractivity contribution in [3.63, 3.8) is 0 Å². The van der Waals surface area contributed by atoms with Gasteiger partial charge in [0.05, 0.1) is 30.2 Å². The molecule has 0 aliphatic carbocycles. The van der Waals surface area contributed by atoms with Crippen LogP contribution in [-0.2, 0) is 19.1 Å². The number of carbonyl (C=O) groups excluding carboxylic acids is 2. The fourth-order valence-corrected chi connectivity index (χ4v) is 4.06. The van der Waals surface area contributed by atoms with Crippen LogP contribution in [-0.4, -0.2) is 36.7 Å². The van der Waals surface area contributed by atoms with Crippen LogP contribution < -0.4 is 4.90 Å². The number of hydrogen-bond donors (Lipinski definition) is 0. The molecule has 132 valence electrons. The van der Waals surface area contributed by atoms with Crippen molar-refractivity contribution < 1.29 is 23.5 Å². The van der Waals surface area contributed by atoms with E-state index in [1.165, 1.54) is 17.0 Å². The number of esters is 1. The van der Waals surface area contributed by atoms with Crippen molar-refractivity contribution in [2.24, 2.45) is 11.8 Å². The smallest absolute Gasteiger partial charge is 0.312 e. The van der Waals surface area contributed by atoms with Crippen LogP contribution in [0.5, 0.6) is 0 Å². The summed E-state index contributed by atoms with van der Waals surface area (Å²) in [7, 11) is 0. The van der Waals surface area contributed by atoms with Gasteiger partial charge < -0.3 is 14.4 Å². The molecule has 4 rings (SSSR count). The standard InChI is InChI=1S/C18H17ClFNO4/c1-2-7-24-17(23)14-13-5-6-18(25-13)9-21(16(22)15(14)18)10-3-4-11(19)12(20)8-10/h3-6,8,13-15H,2,7,9H2,1H3/t13-,14-,15+,18-/m1/s1. The van der Waals surface area contributed by atoms with E-state index in [0.717, 1.165) is 0 Å². The molecule has 1 spiro atoms. The van der Waals surface area contributed by atoms with Crippen LogP contribution in [0.25, 0.3) is 0 Å². The fourth-order valence-electron chi connectivity index (χ4n) is 3.94. The molecule has 5 nitrogen and oxygen atoms in total. The topological polar surface area (TPSA) is 55.8 Å². The predicted molar refractivity (Wildman–Crippen MR) is 88.7 cm³/mol. The summed E-state index contributed by atoms with van der Waals surface area (Å²) < 4.78 is 25.0. The number of nitrogens with zero attached hydrogens (tertiary/aromatic N) is 1. The van der Waals surface area contributed by atoms with E-state index in [4.69, 9.17) is 21.1 Å². The Morgan fingerprint density at radius 1 is 1.52 bits per heavy atom. The van der Waals surface area contributed by atoms with Crippen LogP contribution in [0.3, 0.4) is 0 Å². The van der Waals surface area contributed by atoms with Gasteiger partial charge in [-0.3, -0.25) is 9.59 Å². The van der Waals surface area contributed by atoms with Gasteiger partial charge in [-0.2, -0.15) is 0 Å². The lowest BCUT2D eigenvalue weighted by atomic mass is 9.77. The zero-order valence-corrected chi connectivity index (χ0v) is 14.3. The van der Waals surface area contributed by atoms with Gasteiger partial charge in [-0.25, -0.2) is 4.39 Å². The van der Waals surface area contributed by atoms with Crippen molar-refractivity contribution in [3.05, 3.63) is 41.2 Å². The highest BCUT2D eigenvalue weighted by atomic mass is 35.5. The minimum Gasteiger partial charge on any atom is -0.465 e. The first-order valence-corrected chi connectivity index (χ1v) is 8.65. The highest BCUT2D eigenvalue weighted by Crippen LogP contribution is 2.53. The Kier molecular flexibility index (Phi) is 3.85. The summed E-state index contributed by atoms with van der Waals surface area (Å²) in [6, 6.07) is 4.21. The maximum Gasteiger partial charge on any atom is 0.312 e. The van der Waals surface area contributed by atoms with Crippen molar-refractivity contribution in [2.45, 2.75) is 25.0 Å². The van der Waals surface area contributed by atoms with Crippen LogP contribution in [0.2, 0.25) is 5.02 Å². The van der Waals surface area contributed by atoms with Gasteiger partial charge in [0.15, 0.2) is 0 Å². The molecule has 0 unspecified atom stereocenters. The molecule has 0 radical (unpaired) electrons. The van der Waals surface area contributed by atoms with E-state index in [-0.39, 0.29) is 17.5 Å². The zero-order valence-electron chi connectivity index (χ0n) is 13.6. The molecule has 3 heterocycles. The Morgan fingerprint density at radius 3 is 3.04 bits per heavy atom. The third kappa shape index (κ3) is 2.39. The van der Waals surface area contributed by atoms with Crippen molar-refractivity contribution >= 4 is 29.2 Å². The number of anilines is 1. The lowest BCUT2D eigenvalue weighted by Crippen LogP contribution is -2.40. The maximum absolute atomic E-state index is 13.8. The molecular weight excluding hydrogens is 349 g/mol. The molecule has 4 atom stereocenters. The molecule has 25 heavy (non-hydrogen) atoms. The Labute approximate surface area is 149 Å². The maximum atomic E-state index is 13.8. The summed E-state index contributed by atoms with van der Waals surface area (Å²) in [5.41, 5.74) is -0.454. The summed E-state index contributed by atoms with van der Waals surface area (Å²) in [5, 5.41) is -0.00755. The molecular formula is C18H17ClFNO4. The van der Waals surface area contributed by atoms with Gasteiger partial charge >= 0.3 is 5.97 Å². The van der Waals surface area contributed by atoms with E-state index < -0.39 is 35.3 Å². The number of carbonyl (C=O) groups is 2. The number of hydrogen-bond acceptors (Lipinski definition) is 4. The first-order valence-electron chi connectivity index (χ1n) is 8.27. The van der Waals surface area contributed by atoms with Gasteiger partial charge in [0.2, 0.25) is 5.91 Å². The van der Waals surface area contributed by atoms with E-state index in [9.17, 15) is 14.0 Å². The van der Waals surface area contributed by atoms with Crippen molar-refractivity contribution in [1.82, 2.24) is 0 Å². The molecule has 7 heteroatoms. The van der Waals surface area contributed by atoms with Crippen LogP contribution in [0.1, 0.15) is 13.3 Å². The van der Waals surface area contributed by atoms with E-state index in [0.29, 0.717) is 18.7 Å². The van der Waals surface area contributed by atoms with Gasteiger partial charge in [0.1, 0.15) is 17.3 Å². The number of halogens is 2. The second kappa shape index (κ2) is 5.81. The molecule has 1 aromatic carbocycles. The zero-order chi connectivity index (χ0) is 17.8. The van der Waals surface area contributed by atoms with E-state index in [1.807, 2.05) is 19.1 Å². The molecule has 3 aliphatic heterocycles. The minimum absolute atomic E-state index is 0.00755. The molecule has 0 N–H and O–H groups in total. The second-order valence-corrected chi connectivity index (χ2v) is 7.00. The van der Waals surface area contributed by atoms with Gasteiger partial charge in [-0.15, -0.1) is 0 Å². The second-order valence-electron chi connectivity index (χ2n) is 6.59. The fraction of sp³-hybridized carbons (Fsp3) is 0.444. The largest absolute Gasteiger partial charge is 0.465 e. The van der Waals surface area contributed by atoms with Crippen molar-refractivity contribution in [2.75, 3.05) is 18.1 Å². The third-order valence-electron chi connectivity index (χ3n) is 5.04. The number of amides is 1. The Hall–Kier alpha value is -1.92. The normalized spacial score (nSPS) is 32.4. The Morgan fingerprint density at radius 2 is 2.32 bits per heavy atom. The van der Waals surface area contributed by atoms with Crippen molar-refractivity contribution in [3.8, 4) is 0 Å². The average molecular weight is 366 g/mol. The molecule has 1 amide bonds. The predicted octanol–water partition coefficient (Wildman–Crippen LogP) is 2.72. The molecule has 0 saturated carbocycles. The van der Waals surface area contributed by atoms with Crippen LogP contribution in [0.15, 0.2) is 30.4 Å². The average Bonchev–Trinajstić information content (AvgIpc) is 3.23. The summed E-state index contributed by atoms with van der Waals surface area (Å²) in [5.74, 6) is -2.58. The van der Waals surface area contributed by atoms with Crippen molar-refractivity contribution in [1.29, 1.82) is 0 Å². The molecule has 1 aromatic rings. The van der Waals surface area contributed by atoms with Gasteiger partial charge in [0, 0.05) is 5.69 Å². The van der Waals surface area contributed by atoms with Crippen LogP contribution in [0, 0.1) is 17.7 Å². The van der Waals surface area contributed by atoms with E-state index >= 15 is 0 Å². The first kappa shape index (κ1) is 16.5. The first-order chi connectivity index (χ1) is 12.0. The molecule has 3 aliphatic rings. The van der Waals surface area contributed by atoms with Crippen LogP contribution >= 0.6 is 11.6 Å². The Bertz CT molecular complexity index is 782. The summed E-state index contributed by atoms with van der Waals surface area (Å²) >= 11 is 5.72. The van der Waals surface area contributed by atoms with Gasteiger partial charge in [0.25, 0.3) is 0 Å². The van der Waals surface area contributed by atoms with E-state index in [2.05, 4.69) is 0 Å². The summed E-state index contributed by atoms with van der Waals surface area (Å²) in [6.07, 6.45) is 3.92. The third-order valence-corrected chi connectivity index (χ3v) is 5.34. The Balaban J connectivity index is 1.65. The highest BCUT2D eigenvalue weighted by molar-refractivity contribution is 6.30. The molecule has 2 fully saturated rings. The monoisotopic (exact) mass is 365 g/mol. The minimum atomic E-state index is -0.853. The van der Waals surface area contributed by atoms with Gasteiger partial charge in [-0.1, -0.05) is 30.7 Å². The van der Waals surface area contributed by atoms with E-state index in [1.54, 1.807) is 6.07 Å². The SMILES string of the molecule is CCCOC(=O)[C@H]1[C@H]2C(=O)N(c3ccc(Cl)c(F)c3)C[C@]23C=C[C@H]1O3. The lowest BCUT2D eigenvalue weighted by molar-refractivity contribution is -0.152. The summed E-state index contributed by atoms with van der Waals surface area (Å²) in [4.78, 5) is 26.9. The van der Waals surface area contributed by atoms with Crippen LogP contribution in [0.4, 0.5) is 10.1 Å². The number of benzene rings is 1. The summed E-state index contributed by atoms with van der Waals surface area (Å²) in [6.45, 7) is 2.46. The highest BCUT2D eigenvalue weighted by Gasteiger charge is 2.67. The lowest BCUT2D eigenvalue weighted by Gasteiger charge is -2.22. The number of rotatable bonds is 4. The molecule has 2 bridgehead atoms.